The summed E-state index contributed by atoms with van der Waals surface area (Å²) in [5.41, 5.74) is 1.40. The highest BCUT2D eigenvalue weighted by molar-refractivity contribution is 5.74. The van der Waals surface area contributed by atoms with Crippen molar-refractivity contribution in [2.75, 3.05) is 5.32 Å². The molecule has 0 saturated heterocycles. The summed E-state index contributed by atoms with van der Waals surface area (Å²) in [5.74, 6) is 0.0810. The summed E-state index contributed by atoms with van der Waals surface area (Å²) in [4.78, 5) is 29.7. The summed E-state index contributed by atoms with van der Waals surface area (Å²) in [7, 11) is 3.01. The van der Waals surface area contributed by atoms with Gasteiger partial charge in [-0.05, 0) is 23.3 Å². The number of nitrogens with zero attached hydrogens (tertiary/aromatic N) is 4. The maximum absolute atomic E-state index is 13.7. The van der Waals surface area contributed by atoms with Gasteiger partial charge in [0.1, 0.15) is 5.82 Å². The summed E-state index contributed by atoms with van der Waals surface area (Å²) < 4.78 is 17.8. The second kappa shape index (κ2) is 7.38. The summed E-state index contributed by atoms with van der Waals surface area (Å²) >= 11 is 0. The number of hydrogen-bond acceptors (Lipinski definition) is 4. The van der Waals surface area contributed by atoms with E-state index < -0.39 is 11.2 Å². The predicted molar refractivity (Wildman–Crippen MR) is 109 cm³/mol. The largest absolute Gasteiger partial charge is 0.351 e. The fraction of sp³-hybridized carbons (Fsp3) is 0.190. The zero-order chi connectivity index (χ0) is 20.5. The number of nitrogens with one attached hydrogen (secondary N) is 1. The van der Waals surface area contributed by atoms with Gasteiger partial charge in [-0.3, -0.25) is 18.5 Å². The first-order valence-corrected chi connectivity index (χ1v) is 9.14. The molecule has 0 bridgehead atoms. The van der Waals surface area contributed by atoms with Crippen molar-refractivity contribution in [3.8, 4) is 0 Å². The monoisotopic (exact) mass is 393 g/mol. The maximum Gasteiger partial charge on any atom is 0.332 e. The van der Waals surface area contributed by atoms with Crippen molar-refractivity contribution >= 4 is 17.1 Å². The molecule has 0 unspecified atom stereocenters. The number of benzene rings is 2. The van der Waals surface area contributed by atoms with Crippen LogP contribution in [-0.2, 0) is 27.2 Å². The fourth-order valence-corrected chi connectivity index (χ4v) is 3.33. The van der Waals surface area contributed by atoms with Crippen LogP contribution in [0.25, 0.3) is 11.2 Å². The minimum Gasteiger partial charge on any atom is -0.351 e. The van der Waals surface area contributed by atoms with Gasteiger partial charge in [-0.1, -0.05) is 42.5 Å². The molecule has 8 heteroatoms. The van der Waals surface area contributed by atoms with Crippen LogP contribution in [0.15, 0.2) is 64.2 Å². The highest BCUT2D eigenvalue weighted by Crippen LogP contribution is 2.19. The summed E-state index contributed by atoms with van der Waals surface area (Å²) in [6.07, 6.45) is 0. The van der Waals surface area contributed by atoms with Gasteiger partial charge in [0, 0.05) is 20.6 Å². The number of fused-ring (bicyclic) bond motifs is 1. The SMILES string of the molecule is Cn1c(=O)c2c(nc(NCc3ccccc3)n2Cc2cccc(F)c2)n(C)c1=O. The molecule has 0 radical (unpaired) electrons. The molecule has 4 rings (SSSR count). The predicted octanol–water partition coefficient (Wildman–Crippen LogP) is 2.23. The molecule has 4 aromatic rings. The quantitative estimate of drug-likeness (QED) is 0.564. The molecule has 0 aliphatic rings. The zero-order valence-electron chi connectivity index (χ0n) is 16.1. The third kappa shape index (κ3) is 3.44. The molecule has 7 nitrogen and oxygen atoms in total. The molecule has 0 aliphatic heterocycles. The Morgan fingerprint density at radius 3 is 2.41 bits per heavy atom. The van der Waals surface area contributed by atoms with E-state index in [0.717, 1.165) is 10.1 Å². The summed E-state index contributed by atoms with van der Waals surface area (Å²) in [6, 6.07) is 15.9. The van der Waals surface area contributed by atoms with E-state index in [2.05, 4.69) is 10.3 Å². The summed E-state index contributed by atoms with van der Waals surface area (Å²) in [6.45, 7) is 0.723. The van der Waals surface area contributed by atoms with Crippen LogP contribution in [0.4, 0.5) is 10.3 Å². The van der Waals surface area contributed by atoms with E-state index >= 15 is 0 Å². The van der Waals surface area contributed by atoms with Crippen LogP contribution >= 0.6 is 0 Å². The van der Waals surface area contributed by atoms with Crippen LogP contribution in [0.5, 0.6) is 0 Å². The van der Waals surface area contributed by atoms with Crippen molar-refractivity contribution in [3.05, 3.63) is 92.4 Å². The number of rotatable bonds is 5. The van der Waals surface area contributed by atoms with Crippen LogP contribution in [0.2, 0.25) is 0 Å². The number of hydrogen-bond donors (Lipinski definition) is 1. The molecule has 0 aliphatic carbocycles. The lowest BCUT2D eigenvalue weighted by Gasteiger charge is -2.11. The van der Waals surface area contributed by atoms with Crippen LogP contribution in [-0.4, -0.2) is 18.7 Å². The topological polar surface area (TPSA) is 73.8 Å². The van der Waals surface area contributed by atoms with E-state index in [-0.39, 0.29) is 23.5 Å². The molecule has 0 spiro atoms. The third-order valence-electron chi connectivity index (χ3n) is 4.87. The fourth-order valence-electron chi connectivity index (χ4n) is 3.33. The normalized spacial score (nSPS) is 11.1. The summed E-state index contributed by atoms with van der Waals surface area (Å²) in [5, 5.41) is 3.24. The van der Waals surface area contributed by atoms with Crippen molar-refractivity contribution in [1.29, 1.82) is 0 Å². The average Bonchev–Trinajstić information content (AvgIpc) is 3.08. The molecular formula is C21H20FN5O2. The lowest BCUT2D eigenvalue weighted by Crippen LogP contribution is -2.37. The molecule has 1 N–H and O–H groups in total. The number of imidazole rings is 1. The Hall–Kier alpha value is -3.68. The Labute approximate surface area is 165 Å². The number of halogens is 1. The first-order valence-electron chi connectivity index (χ1n) is 9.14. The smallest absolute Gasteiger partial charge is 0.332 e. The van der Waals surface area contributed by atoms with Gasteiger partial charge >= 0.3 is 5.69 Å². The first kappa shape index (κ1) is 18.7. The van der Waals surface area contributed by atoms with Gasteiger partial charge in [0.05, 0.1) is 6.54 Å². The van der Waals surface area contributed by atoms with Crippen LogP contribution in [0, 0.1) is 5.82 Å². The molecule has 0 atom stereocenters. The Morgan fingerprint density at radius 1 is 0.966 bits per heavy atom. The van der Waals surface area contributed by atoms with Gasteiger partial charge in [0.15, 0.2) is 11.2 Å². The van der Waals surface area contributed by atoms with Crippen molar-refractivity contribution < 1.29 is 4.39 Å². The van der Waals surface area contributed by atoms with E-state index in [4.69, 9.17) is 0 Å². The molecule has 2 heterocycles. The molecular weight excluding hydrogens is 373 g/mol. The molecule has 0 saturated carbocycles. The van der Waals surface area contributed by atoms with Gasteiger partial charge in [-0.15, -0.1) is 0 Å². The van der Waals surface area contributed by atoms with E-state index in [1.54, 1.807) is 23.7 Å². The van der Waals surface area contributed by atoms with Gasteiger partial charge in [0.2, 0.25) is 5.95 Å². The van der Waals surface area contributed by atoms with Crippen molar-refractivity contribution in [2.24, 2.45) is 14.1 Å². The average molecular weight is 393 g/mol. The van der Waals surface area contributed by atoms with Crippen molar-refractivity contribution in [2.45, 2.75) is 13.1 Å². The van der Waals surface area contributed by atoms with Crippen molar-refractivity contribution in [3.63, 3.8) is 0 Å². The third-order valence-corrected chi connectivity index (χ3v) is 4.87. The molecule has 0 fully saturated rings. The molecule has 29 heavy (non-hydrogen) atoms. The van der Waals surface area contributed by atoms with Crippen LogP contribution < -0.4 is 16.6 Å². The Balaban J connectivity index is 1.86. The highest BCUT2D eigenvalue weighted by atomic mass is 19.1. The standard InChI is InChI=1S/C21H20FN5O2/c1-25-18-17(19(28)26(2)21(25)29)27(13-15-9-6-10-16(22)11-15)20(24-18)23-12-14-7-4-3-5-8-14/h3-11H,12-13H2,1-2H3,(H,23,24). The van der Waals surface area contributed by atoms with E-state index in [1.165, 1.54) is 23.7 Å². The Bertz CT molecular complexity index is 1300. The number of aryl methyl sites for hydroxylation is 1. The van der Waals surface area contributed by atoms with Gasteiger partial charge in [-0.2, -0.15) is 4.98 Å². The Kier molecular flexibility index (Phi) is 4.75. The van der Waals surface area contributed by atoms with E-state index in [0.29, 0.717) is 18.1 Å². The number of anilines is 1. The molecule has 0 amide bonds. The first-order chi connectivity index (χ1) is 14.0. The van der Waals surface area contributed by atoms with Crippen LogP contribution in [0.1, 0.15) is 11.1 Å². The lowest BCUT2D eigenvalue weighted by molar-refractivity contribution is 0.624. The minimum absolute atomic E-state index is 0.235. The zero-order valence-corrected chi connectivity index (χ0v) is 16.1. The van der Waals surface area contributed by atoms with E-state index in [1.807, 2.05) is 30.3 Å². The van der Waals surface area contributed by atoms with E-state index in [9.17, 15) is 14.0 Å². The van der Waals surface area contributed by atoms with Gasteiger partial charge < -0.3 is 5.32 Å². The molecule has 148 valence electrons. The van der Waals surface area contributed by atoms with Gasteiger partial charge in [0.25, 0.3) is 5.56 Å². The van der Waals surface area contributed by atoms with Crippen molar-refractivity contribution in [1.82, 2.24) is 18.7 Å². The van der Waals surface area contributed by atoms with Crippen LogP contribution in [0.3, 0.4) is 0 Å². The minimum atomic E-state index is -0.451. The lowest BCUT2D eigenvalue weighted by atomic mass is 10.2. The highest BCUT2D eigenvalue weighted by Gasteiger charge is 2.19. The molecule has 2 aromatic carbocycles. The maximum atomic E-state index is 13.7. The molecule has 2 aromatic heterocycles. The second-order valence-electron chi connectivity index (χ2n) is 6.87. The second-order valence-corrected chi connectivity index (χ2v) is 6.87. The Morgan fingerprint density at radius 2 is 1.69 bits per heavy atom. The van der Waals surface area contributed by atoms with Gasteiger partial charge in [-0.25, -0.2) is 9.18 Å². The number of aromatic nitrogens is 4.